The van der Waals surface area contributed by atoms with Crippen LogP contribution in [-0.2, 0) is 22.5 Å². The first-order valence-corrected chi connectivity index (χ1v) is 10.1. The van der Waals surface area contributed by atoms with Crippen LogP contribution in [-0.4, -0.2) is 60.5 Å². The first-order valence-electron chi connectivity index (χ1n) is 10.1. The number of hydrogen-bond acceptors (Lipinski definition) is 6. The number of nitrogens with zero attached hydrogens (tertiary/aromatic N) is 2. The largest absolute Gasteiger partial charge is 0.464 e. The second kappa shape index (κ2) is 9.87. The summed E-state index contributed by atoms with van der Waals surface area (Å²) in [6, 6.07) is 16.4. The molecular weight excluding hydrogens is 368 g/mol. The van der Waals surface area contributed by atoms with E-state index in [1.165, 1.54) is 16.8 Å². The number of fused-ring (bicyclic) bond motifs is 1. The van der Waals surface area contributed by atoms with Crippen molar-refractivity contribution in [2.24, 2.45) is 0 Å². The number of ether oxygens (including phenoxy) is 1. The minimum atomic E-state index is -1.21. The van der Waals surface area contributed by atoms with Crippen molar-refractivity contribution in [3.05, 3.63) is 65.2 Å². The van der Waals surface area contributed by atoms with Crippen molar-refractivity contribution in [2.45, 2.75) is 32.1 Å². The van der Waals surface area contributed by atoms with E-state index < -0.39 is 18.2 Å². The zero-order valence-electron chi connectivity index (χ0n) is 17.1. The molecule has 2 N–H and O–H groups in total. The molecule has 0 saturated heterocycles. The molecule has 1 heterocycles. The predicted octanol–water partition coefficient (Wildman–Crippen LogP) is 2.14. The molecule has 156 valence electrons. The molecular formula is C23H30N2O4. The van der Waals surface area contributed by atoms with Gasteiger partial charge in [0.05, 0.1) is 12.7 Å². The van der Waals surface area contributed by atoms with Gasteiger partial charge in [0.1, 0.15) is 0 Å². The Kier molecular flexibility index (Phi) is 7.25. The van der Waals surface area contributed by atoms with Crippen molar-refractivity contribution in [1.82, 2.24) is 4.90 Å². The van der Waals surface area contributed by atoms with Crippen molar-refractivity contribution in [1.29, 1.82) is 0 Å². The molecule has 1 aliphatic heterocycles. The molecule has 0 radical (unpaired) electrons. The van der Waals surface area contributed by atoms with Gasteiger partial charge in [-0.3, -0.25) is 0 Å². The molecule has 3 rings (SSSR count). The second-order valence-corrected chi connectivity index (χ2v) is 7.51. The average Bonchev–Trinajstić information content (AvgIpc) is 3.11. The zero-order valence-corrected chi connectivity index (χ0v) is 17.1. The minimum Gasteiger partial charge on any atom is -0.464 e. The molecule has 2 aromatic rings. The Morgan fingerprint density at radius 2 is 1.90 bits per heavy atom. The lowest BCUT2D eigenvalue weighted by molar-refractivity contribution is -0.154. The summed E-state index contributed by atoms with van der Waals surface area (Å²) in [5, 5.41) is 20.8. The summed E-state index contributed by atoms with van der Waals surface area (Å²) in [6.45, 7) is 4.15. The number of aliphatic hydroxyl groups is 2. The molecule has 6 nitrogen and oxygen atoms in total. The summed E-state index contributed by atoms with van der Waals surface area (Å²) in [4.78, 5) is 15.7. The highest BCUT2D eigenvalue weighted by atomic mass is 16.5. The Balaban J connectivity index is 1.65. The molecule has 0 bridgehead atoms. The number of benzene rings is 2. The lowest BCUT2D eigenvalue weighted by Crippen LogP contribution is -2.37. The van der Waals surface area contributed by atoms with Gasteiger partial charge in [-0.25, -0.2) is 4.79 Å². The Bertz CT molecular complexity index is 812. The van der Waals surface area contributed by atoms with Gasteiger partial charge in [0.15, 0.2) is 6.10 Å². The van der Waals surface area contributed by atoms with E-state index in [0.717, 1.165) is 25.1 Å². The maximum absolute atomic E-state index is 11.6. The van der Waals surface area contributed by atoms with Gasteiger partial charge in [-0.05, 0) is 43.1 Å². The van der Waals surface area contributed by atoms with Crippen LogP contribution < -0.4 is 4.90 Å². The quantitative estimate of drug-likeness (QED) is 0.631. The zero-order chi connectivity index (χ0) is 20.8. The van der Waals surface area contributed by atoms with Crippen molar-refractivity contribution in [2.75, 3.05) is 38.2 Å². The van der Waals surface area contributed by atoms with Crippen LogP contribution in [0.4, 0.5) is 5.69 Å². The van der Waals surface area contributed by atoms with E-state index in [4.69, 9.17) is 4.74 Å². The average molecular weight is 399 g/mol. The Hall–Kier alpha value is -2.41. The van der Waals surface area contributed by atoms with Crippen LogP contribution >= 0.6 is 0 Å². The summed E-state index contributed by atoms with van der Waals surface area (Å²) in [6.07, 6.45) is -1.01. The third-order valence-corrected chi connectivity index (χ3v) is 5.26. The lowest BCUT2D eigenvalue weighted by atomic mass is 9.99. The van der Waals surface area contributed by atoms with E-state index in [2.05, 4.69) is 23.1 Å². The standard InChI is InChI=1S/C23H30N2O4/c1-3-29-23(28)22(27)16-24(2)15-21(26)19-10-7-11-20-18(19)12-13-25(20)14-17-8-5-4-6-9-17/h4-11,21-22,26-27H,3,12-16H2,1-2H3. The van der Waals surface area contributed by atoms with Crippen molar-refractivity contribution in [3.63, 3.8) is 0 Å². The highest BCUT2D eigenvalue weighted by molar-refractivity contribution is 5.74. The fraction of sp³-hybridized carbons (Fsp3) is 0.435. The third-order valence-electron chi connectivity index (χ3n) is 5.26. The first-order chi connectivity index (χ1) is 14.0. The van der Waals surface area contributed by atoms with Crippen LogP contribution in [0.1, 0.15) is 29.7 Å². The van der Waals surface area contributed by atoms with Crippen molar-refractivity contribution < 1.29 is 19.7 Å². The van der Waals surface area contributed by atoms with E-state index in [0.29, 0.717) is 6.54 Å². The van der Waals surface area contributed by atoms with Gasteiger partial charge in [-0.15, -0.1) is 0 Å². The van der Waals surface area contributed by atoms with Gasteiger partial charge in [0, 0.05) is 31.9 Å². The van der Waals surface area contributed by atoms with Gasteiger partial charge in [-0.1, -0.05) is 42.5 Å². The van der Waals surface area contributed by atoms with Gasteiger partial charge < -0.3 is 24.7 Å². The van der Waals surface area contributed by atoms with Gasteiger partial charge in [0.25, 0.3) is 0 Å². The number of hydrogen-bond donors (Lipinski definition) is 2. The highest BCUT2D eigenvalue weighted by Crippen LogP contribution is 2.34. The first kappa shape index (κ1) is 21.3. The number of anilines is 1. The molecule has 1 aliphatic rings. The lowest BCUT2D eigenvalue weighted by Gasteiger charge is -2.24. The summed E-state index contributed by atoms with van der Waals surface area (Å²) in [5.41, 5.74) is 4.52. The van der Waals surface area contributed by atoms with E-state index in [1.807, 2.05) is 30.3 Å². The second-order valence-electron chi connectivity index (χ2n) is 7.51. The molecule has 0 aromatic heterocycles. The molecule has 29 heavy (non-hydrogen) atoms. The number of carbonyl (C=O) groups is 1. The normalized spacial score (nSPS) is 15.3. The predicted molar refractivity (Wildman–Crippen MR) is 113 cm³/mol. The van der Waals surface area contributed by atoms with Crippen LogP contribution in [0.25, 0.3) is 0 Å². The Labute approximate surface area is 172 Å². The molecule has 0 aliphatic carbocycles. The summed E-state index contributed by atoms with van der Waals surface area (Å²) in [5.74, 6) is -0.633. The summed E-state index contributed by atoms with van der Waals surface area (Å²) >= 11 is 0. The molecule has 0 saturated carbocycles. The number of aliphatic hydroxyl groups excluding tert-OH is 2. The van der Waals surface area contributed by atoms with Crippen LogP contribution in [0, 0.1) is 0 Å². The SMILES string of the molecule is CCOC(=O)C(O)CN(C)CC(O)c1cccc2c1CCN2Cc1ccccc1. The molecule has 2 aromatic carbocycles. The van der Waals surface area contributed by atoms with E-state index >= 15 is 0 Å². The van der Waals surface area contributed by atoms with Gasteiger partial charge in [0.2, 0.25) is 0 Å². The number of likely N-dealkylation sites (N-methyl/N-ethyl adjacent to an activating group) is 1. The third kappa shape index (κ3) is 5.35. The molecule has 0 amide bonds. The van der Waals surface area contributed by atoms with Crippen molar-refractivity contribution in [3.8, 4) is 0 Å². The highest BCUT2D eigenvalue weighted by Gasteiger charge is 2.26. The fourth-order valence-corrected chi connectivity index (χ4v) is 3.88. The number of carbonyl (C=O) groups excluding carboxylic acids is 1. The van der Waals surface area contributed by atoms with Gasteiger partial charge >= 0.3 is 5.97 Å². The van der Waals surface area contributed by atoms with Gasteiger partial charge in [-0.2, -0.15) is 0 Å². The van der Waals surface area contributed by atoms with E-state index in [9.17, 15) is 15.0 Å². The molecule has 0 spiro atoms. The minimum absolute atomic E-state index is 0.116. The monoisotopic (exact) mass is 398 g/mol. The van der Waals surface area contributed by atoms with Crippen molar-refractivity contribution >= 4 is 11.7 Å². The molecule has 6 heteroatoms. The molecule has 0 fully saturated rings. The maximum Gasteiger partial charge on any atom is 0.336 e. The van der Waals surface area contributed by atoms with Crippen LogP contribution in [0.2, 0.25) is 0 Å². The van der Waals surface area contributed by atoms with Crippen LogP contribution in [0.15, 0.2) is 48.5 Å². The molecule has 2 atom stereocenters. The Morgan fingerprint density at radius 1 is 1.14 bits per heavy atom. The summed E-state index contributed by atoms with van der Waals surface area (Å²) in [7, 11) is 1.77. The van der Waals surface area contributed by atoms with E-state index in [-0.39, 0.29) is 13.2 Å². The molecule has 2 unspecified atom stereocenters. The smallest absolute Gasteiger partial charge is 0.336 e. The number of rotatable bonds is 9. The Morgan fingerprint density at radius 3 is 2.62 bits per heavy atom. The van der Waals surface area contributed by atoms with Crippen LogP contribution in [0.5, 0.6) is 0 Å². The maximum atomic E-state index is 11.6. The van der Waals surface area contributed by atoms with Crippen LogP contribution in [0.3, 0.4) is 0 Å². The fourth-order valence-electron chi connectivity index (χ4n) is 3.88. The summed E-state index contributed by atoms with van der Waals surface area (Å²) < 4.78 is 4.83. The number of esters is 1. The van der Waals surface area contributed by atoms with E-state index in [1.54, 1.807) is 18.9 Å². The topological polar surface area (TPSA) is 73.2 Å².